The van der Waals surface area contributed by atoms with E-state index in [0.29, 0.717) is 6.42 Å². The zero-order chi connectivity index (χ0) is 8.01. The summed E-state index contributed by atoms with van der Waals surface area (Å²) in [5.41, 5.74) is 2.48. The second-order valence-corrected chi connectivity index (χ2v) is 3.69. The van der Waals surface area contributed by atoms with Crippen LogP contribution < -0.4 is 4.90 Å². The Balaban J connectivity index is 2.56. The van der Waals surface area contributed by atoms with E-state index in [9.17, 15) is 4.79 Å². The summed E-state index contributed by atoms with van der Waals surface area (Å²) in [5.74, 6) is 0.218. The van der Waals surface area contributed by atoms with E-state index in [1.807, 2.05) is 7.05 Å². The largest absolute Gasteiger partial charge is 0.306 e. The van der Waals surface area contributed by atoms with Gasteiger partial charge in [0.2, 0.25) is 5.91 Å². The van der Waals surface area contributed by atoms with Gasteiger partial charge in [0, 0.05) is 7.05 Å². The summed E-state index contributed by atoms with van der Waals surface area (Å²) in [6.07, 6.45) is 0.598. The van der Waals surface area contributed by atoms with Gasteiger partial charge in [0.1, 0.15) is 5.00 Å². The molecule has 0 saturated carbocycles. The van der Waals surface area contributed by atoms with E-state index in [2.05, 4.69) is 12.3 Å². The molecule has 0 saturated heterocycles. The van der Waals surface area contributed by atoms with Crippen molar-refractivity contribution in [2.75, 3.05) is 11.9 Å². The molecule has 0 aliphatic carbocycles. The number of amides is 1. The van der Waals surface area contributed by atoms with Crippen molar-refractivity contribution in [3.63, 3.8) is 0 Å². The number of fused-ring (bicyclic) bond motifs is 1. The summed E-state index contributed by atoms with van der Waals surface area (Å²) >= 11 is 1.66. The SMILES string of the molecule is Cc1csc2c1CC(=O)N2C. The molecule has 0 N–H and O–H groups in total. The highest BCUT2D eigenvalue weighted by molar-refractivity contribution is 7.15. The van der Waals surface area contributed by atoms with Crippen molar-refractivity contribution in [3.8, 4) is 0 Å². The van der Waals surface area contributed by atoms with Gasteiger partial charge in [0.05, 0.1) is 6.42 Å². The van der Waals surface area contributed by atoms with E-state index in [1.165, 1.54) is 11.1 Å². The van der Waals surface area contributed by atoms with Crippen molar-refractivity contribution in [3.05, 3.63) is 16.5 Å². The molecule has 2 heterocycles. The lowest BCUT2D eigenvalue weighted by Crippen LogP contribution is -2.20. The number of aryl methyl sites for hydroxylation is 1. The summed E-state index contributed by atoms with van der Waals surface area (Å²) in [6.45, 7) is 2.06. The van der Waals surface area contributed by atoms with Gasteiger partial charge in [-0.2, -0.15) is 0 Å². The van der Waals surface area contributed by atoms with Crippen LogP contribution in [-0.2, 0) is 11.2 Å². The Hall–Kier alpha value is -0.830. The van der Waals surface area contributed by atoms with Crippen LogP contribution in [0.3, 0.4) is 0 Å². The molecular formula is C8H9NOS. The van der Waals surface area contributed by atoms with Gasteiger partial charge >= 0.3 is 0 Å². The molecule has 2 nitrogen and oxygen atoms in total. The van der Waals surface area contributed by atoms with E-state index in [4.69, 9.17) is 0 Å². The molecule has 0 atom stereocenters. The molecule has 2 rings (SSSR count). The van der Waals surface area contributed by atoms with Crippen LogP contribution in [0.4, 0.5) is 5.00 Å². The minimum absolute atomic E-state index is 0.218. The Bertz CT molecular complexity index is 316. The molecule has 3 heteroatoms. The lowest BCUT2D eigenvalue weighted by Gasteiger charge is -2.05. The monoisotopic (exact) mass is 167 g/mol. The van der Waals surface area contributed by atoms with Gasteiger partial charge in [-0.25, -0.2) is 0 Å². The molecule has 0 bridgehead atoms. The molecule has 1 amide bonds. The van der Waals surface area contributed by atoms with E-state index in [0.717, 1.165) is 5.00 Å². The average Bonchev–Trinajstić information content (AvgIpc) is 2.43. The first kappa shape index (κ1) is 6.85. The number of hydrogen-bond acceptors (Lipinski definition) is 2. The smallest absolute Gasteiger partial charge is 0.231 e. The molecule has 1 aliphatic heterocycles. The highest BCUT2D eigenvalue weighted by Gasteiger charge is 2.26. The number of hydrogen-bond donors (Lipinski definition) is 0. The summed E-state index contributed by atoms with van der Waals surface area (Å²) in [4.78, 5) is 12.9. The van der Waals surface area contributed by atoms with Crippen molar-refractivity contribution in [2.45, 2.75) is 13.3 Å². The first-order valence-corrected chi connectivity index (χ1v) is 4.41. The summed E-state index contributed by atoms with van der Waals surface area (Å²) in [6, 6.07) is 0. The fraction of sp³-hybridized carbons (Fsp3) is 0.375. The Kier molecular flexibility index (Phi) is 1.29. The first-order valence-electron chi connectivity index (χ1n) is 3.53. The van der Waals surface area contributed by atoms with Gasteiger partial charge in [-0.15, -0.1) is 11.3 Å². The average molecular weight is 167 g/mol. The fourth-order valence-electron chi connectivity index (χ4n) is 1.33. The normalized spacial score (nSPS) is 15.8. The third-order valence-corrected chi connectivity index (χ3v) is 3.30. The molecule has 58 valence electrons. The quantitative estimate of drug-likeness (QED) is 0.574. The van der Waals surface area contributed by atoms with Crippen molar-refractivity contribution in [1.29, 1.82) is 0 Å². The van der Waals surface area contributed by atoms with Gasteiger partial charge in [-0.3, -0.25) is 4.79 Å². The number of likely N-dealkylation sites (N-methyl/N-ethyl adjacent to an activating group) is 1. The van der Waals surface area contributed by atoms with Crippen LogP contribution in [0.25, 0.3) is 0 Å². The lowest BCUT2D eigenvalue weighted by molar-refractivity contribution is -0.117. The van der Waals surface area contributed by atoms with Crippen LogP contribution in [0.2, 0.25) is 0 Å². The van der Waals surface area contributed by atoms with Crippen LogP contribution in [0.15, 0.2) is 5.38 Å². The maximum Gasteiger partial charge on any atom is 0.231 e. The zero-order valence-corrected chi connectivity index (χ0v) is 7.36. The standard InChI is InChI=1S/C8H9NOS/c1-5-4-11-8-6(5)3-7(10)9(8)2/h4H,3H2,1-2H3. The third kappa shape index (κ3) is 0.807. The third-order valence-electron chi connectivity index (χ3n) is 2.09. The molecule has 1 aromatic rings. The summed E-state index contributed by atoms with van der Waals surface area (Å²) < 4.78 is 0. The predicted octanol–water partition coefficient (Wildman–Crippen LogP) is 1.58. The molecule has 11 heavy (non-hydrogen) atoms. The highest BCUT2D eigenvalue weighted by Crippen LogP contribution is 2.35. The number of anilines is 1. The second kappa shape index (κ2) is 2.08. The van der Waals surface area contributed by atoms with Crippen LogP contribution in [0.1, 0.15) is 11.1 Å². The number of carbonyl (C=O) groups excluding carboxylic acids is 1. The molecule has 0 unspecified atom stereocenters. The minimum Gasteiger partial charge on any atom is -0.306 e. The van der Waals surface area contributed by atoms with Crippen molar-refractivity contribution in [1.82, 2.24) is 0 Å². The van der Waals surface area contributed by atoms with Crippen molar-refractivity contribution < 1.29 is 4.79 Å². The second-order valence-electron chi connectivity index (χ2n) is 2.83. The van der Waals surface area contributed by atoms with E-state index in [-0.39, 0.29) is 5.91 Å². The molecule has 0 radical (unpaired) electrons. The first-order chi connectivity index (χ1) is 5.20. The zero-order valence-electron chi connectivity index (χ0n) is 6.55. The fourth-order valence-corrected chi connectivity index (χ4v) is 2.40. The summed E-state index contributed by atoms with van der Waals surface area (Å²) in [7, 11) is 1.84. The highest BCUT2D eigenvalue weighted by atomic mass is 32.1. The lowest BCUT2D eigenvalue weighted by atomic mass is 10.2. The van der Waals surface area contributed by atoms with Crippen LogP contribution in [0.5, 0.6) is 0 Å². The molecule has 1 aliphatic rings. The maximum absolute atomic E-state index is 11.2. The number of thiophene rings is 1. The Morgan fingerprint density at radius 2 is 2.36 bits per heavy atom. The van der Waals surface area contributed by atoms with E-state index >= 15 is 0 Å². The van der Waals surface area contributed by atoms with Crippen LogP contribution in [0, 0.1) is 6.92 Å². The molecule has 1 aromatic heterocycles. The van der Waals surface area contributed by atoms with Gasteiger partial charge in [-0.1, -0.05) is 0 Å². The van der Waals surface area contributed by atoms with Crippen molar-refractivity contribution >= 4 is 22.2 Å². The van der Waals surface area contributed by atoms with E-state index < -0.39 is 0 Å². The Morgan fingerprint density at radius 3 is 3.00 bits per heavy atom. The van der Waals surface area contributed by atoms with Crippen LogP contribution >= 0.6 is 11.3 Å². The summed E-state index contributed by atoms with van der Waals surface area (Å²) in [5, 5.41) is 3.24. The van der Waals surface area contributed by atoms with E-state index in [1.54, 1.807) is 16.2 Å². The molecule has 0 aromatic carbocycles. The molecule has 0 fully saturated rings. The van der Waals surface area contributed by atoms with Crippen molar-refractivity contribution in [2.24, 2.45) is 0 Å². The van der Waals surface area contributed by atoms with Gasteiger partial charge in [-0.05, 0) is 23.4 Å². The van der Waals surface area contributed by atoms with Gasteiger partial charge in [0.25, 0.3) is 0 Å². The minimum atomic E-state index is 0.218. The molecular weight excluding hydrogens is 158 g/mol. The van der Waals surface area contributed by atoms with Crippen LogP contribution in [-0.4, -0.2) is 13.0 Å². The Morgan fingerprint density at radius 1 is 1.64 bits per heavy atom. The van der Waals surface area contributed by atoms with Gasteiger partial charge < -0.3 is 4.90 Å². The topological polar surface area (TPSA) is 20.3 Å². The maximum atomic E-state index is 11.2. The number of nitrogens with zero attached hydrogens (tertiary/aromatic N) is 1. The molecule has 0 spiro atoms. The number of rotatable bonds is 0. The number of carbonyl (C=O) groups is 1. The Labute approximate surface area is 69.4 Å². The predicted molar refractivity (Wildman–Crippen MR) is 46.2 cm³/mol. The van der Waals surface area contributed by atoms with Gasteiger partial charge in [0.15, 0.2) is 0 Å².